The number of carbonyl (C=O) groups excluding carboxylic acids is 1. The largest absolute Gasteiger partial charge is 0.444 e. The minimum absolute atomic E-state index is 0.0648. The lowest BCUT2D eigenvalue weighted by Gasteiger charge is -2.43. The van der Waals surface area contributed by atoms with Crippen LogP contribution in [0.1, 0.15) is 60.5 Å². The van der Waals surface area contributed by atoms with Crippen LogP contribution in [0.25, 0.3) is 0 Å². The molecular weight excluding hydrogens is 486 g/mol. The Labute approximate surface area is 230 Å². The molecule has 204 valence electrons. The van der Waals surface area contributed by atoms with E-state index in [1.54, 1.807) is 0 Å². The maximum atomic E-state index is 12.7. The van der Waals surface area contributed by atoms with E-state index >= 15 is 0 Å². The van der Waals surface area contributed by atoms with E-state index in [0.717, 1.165) is 12.8 Å². The van der Waals surface area contributed by atoms with E-state index in [1.165, 1.54) is 15.9 Å². The van der Waals surface area contributed by atoms with Crippen molar-refractivity contribution in [1.82, 2.24) is 5.32 Å². The van der Waals surface area contributed by atoms with Crippen molar-refractivity contribution in [2.45, 2.75) is 78.0 Å². The highest BCUT2D eigenvalue weighted by atomic mass is 28.4. The van der Waals surface area contributed by atoms with Gasteiger partial charge >= 0.3 is 6.09 Å². The van der Waals surface area contributed by atoms with Gasteiger partial charge in [-0.2, -0.15) is 0 Å². The number of carbonyl (C=O) groups is 1. The summed E-state index contributed by atoms with van der Waals surface area (Å²) in [5, 5.41) is 5.62. The highest BCUT2D eigenvalue weighted by Gasteiger charge is 2.50. The van der Waals surface area contributed by atoms with Crippen LogP contribution in [0.15, 0.2) is 91.0 Å². The third-order valence-electron chi connectivity index (χ3n) is 6.73. The van der Waals surface area contributed by atoms with Gasteiger partial charge in [0.1, 0.15) is 5.60 Å². The smallest absolute Gasteiger partial charge is 0.407 e. The average molecular weight is 532 g/mol. The molecule has 1 amide bonds. The fraction of sp³-hybridized carbons (Fsp3) is 0.424. The second-order valence-corrected chi connectivity index (χ2v) is 16.7. The molecule has 0 aliphatic carbocycles. The molecule has 3 rings (SSSR count). The second-order valence-electron chi connectivity index (χ2n) is 12.3. The lowest BCUT2D eigenvalue weighted by atomic mass is 9.97. The highest BCUT2D eigenvalue weighted by molar-refractivity contribution is 6.99. The molecule has 38 heavy (non-hydrogen) atoms. The summed E-state index contributed by atoms with van der Waals surface area (Å²) in [5.74, 6) is 0.222. The number of amides is 1. The van der Waals surface area contributed by atoms with Crippen LogP contribution < -0.4 is 15.7 Å². The number of hydrogen-bond acceptors (Lipinski definition) is 3. The van der Waals surface area contributed by atoms with Crippen LogP contribution in [0.4, 0.5) is 4.79 Å². The molecule has 0 radical (unpaired) electrons. The molecule has 5 heteroatoms. The first-order valence-corrected chi connectivity index (χ1v) is 15.6. The zero-order chi connectivity index (χ0) is 27.8. The van der Waals surface area contributed by atoms with Gasteiger partial charge in [0.15, 0.2) is 0 Å². The summed E-state index contributed by atoms with van der Waals surface area (Å²) in [5.41, 5.74) is 0.646. The molecule has 1 N–H and O–H groups in total. The van der Waals surface area contributed by atoms with Gasteiger partial charge in [-0.1, -0.05) is 119 Å². The average Bonchev–Trinajstić information content (AvgIpc) is 2.84. The van der Waals surface area contributed by atoms with E-state index in [2.05, 4.69) is 106 Å². The molecule has 0 fully saturated rings. The maximum absolute atomic E-state index is 12.7. The van der Waals surface area contributed by atoms with Crippen molar-refractivity contribution in [1.29, 1.82) is 0 Å². The Morgan fingerprint density at radius 1 is 0.789 bits per heavy atom. The Morgan fingerprint density at radius 3 is 1.71 bits per heavy atom. The van der Waals surface area contributed by atoms with E-state index in [-0.39, 0.29) is 23.1 Å². The van der Waals surface area contributed by atoms with Crippen LogP contribution in [0.3, 0.4) is 0 Å². The van der Waals surface area contributed by atoms with Crippen molar-refractivity contribution < 1.29 is 14.0 Å². The summed E-state index contributed by atoms with van der Waals surface area (Å²) in [6.45, 7) is 15.4. The van der Waals surface area contributed by atoms with E-state index in [1.807, 2.05) is 39.0 Å². The van der Waals surface area contributed by atoms with Gasteiger partial charge in [-0.3, -0.25) is 0 Å². The molecular formula is C33H45NO3Si. The first kappa shape index (κ1) is 29.7. The summed E-state index contributed by atoms with van der Waals surface area (Å²) in [4.78, 5) is 12.7. The van der Waals surface area contributed by atoms with Crippen LogP contribution in [0, 0.1) is 5.92 Å². The zero-order valence-corrected chi connectivity index (χ0v) is 25.2. The Morgan fingerprint density at radius 2 is 1.26 bits per heavy atom. The standard InChI is InChI=1S/C33H45NO3Si/c1-26(23-28(24-27-17-11-8-12-18-27)34-31(35)37-32(2,3)4)25-36-38(33(5,6)7,29-19-13-9-14-20-29)30-21-15-10-16-22-30/h8-22,26,28H,23-25H2,1-7H3,(H,34,35)/t26-,28+/m0/s1. The zero-order valence-electron chi connectivity index (χ0n) is 24.2. The number of benzene rings is 3. The van der Waals surface area contributed by atoms with Crippen molar-refractivity contribution in [3.05, 3.63) is 96.6 Å². The van der Waals surface area contributed by atoms with Gasteiger partial charge in [0.2, 0.25) is 0 Å². The van der Waals surface area contributed by atoms with E-state index in [9.17, 15) is 4.79 Å². The topological polar surface area (TPSA) is 47.6 Å². The molecule has 0 aliphatic heterocycles. The first-order chi connectivity index (χ1) is 17.9. The lowest BCUT2D eigenvalue weighted by molar-refractivity contribution is 0.0494. The number of rotatable bonds is 10. The Bertz CT molecular complexity index is 1080. The minimum Gasteiger partial charge on any atom is -0.444 e. The molecule has 0 spiro atoms. The minimum atomic E-state index is -2.61. The SMILES string of the molecule is C[C@H](CO[Si](c1ccccc1)(c1ccccc1)C(C)(C)C)C[C@H](Cc1ccccc1)NC(=O)OC(C)(C)C. The van der Waals surface area contributed by atoms with Crippen molar-refractivity contribution >= 4 is 24.8 Å². The second kappa shape index (κ2) is 12.8. The number of nitrogens with one attached hydrogen (secondary N) is 1. The van der Waals surface area contributed by atoms with Gasteiger partial charge < -0.3 is 14.5 Å². The van der Waals surface area contributed by atoms with E-state index < -0.39 is 13.9 Å². The van der Waals surface area contributed by atoms with Gasteiger partial charge in [0.05, 0.1) is 0 Å². The summed E-state index contributed by atoms with van der Waals surface area (Å²) in [7, 11) is -2.61. The Kier molecular flexibility index (Phi) is 9.97. The van der Waals surface area contributed by atoms with Crippen LogP contribution in [-0.2, 0) is 15.6 Å². The van der Waals surface area contributed by atoms with Crippen molar-refractivity contribution in [3.63, 3.8) is 0 Å². The third kappa shape index (κ3) is 8.05. The van der Waals surface area contributed by atoms with Crippen LogP contribution in [-0.4, -0.2) is 32.7 Å². The molecule has 2 atom stereocenters. The normalized spacial score (nSPS) is 14.0. The summed E-state index contributed by atoms with van der Waals surface area (Å²) in [6, 6.07) is 31.7. The highest BCUT2D eigenvalue weighted by Crippen LogP contribution is 2.37. The summed E-state index contributed by atoms with van der Waals surface area (Å²) in [6.07, 6.45) is 1.15. The maximum Gasteiger partial charge on any atom is 0.407 e. The summed E-state index contributed by atoms with van der Waals surface area (Å²) >= 11 is 0. The molecule has 0 aromatic heterocycles. The van der Waals surface area contributed by atoms with Gasteiger partial charge in [-0.25, -0.2) is 4.79 Å². The molecule has 3 aromatic rings. The Hall–Kier alpha value is -2.89. The monoisotopic (exact) mass is 531 g/mol. The predicted octanol–water partition coefficient (Wildman–Crippen LogP) is 6.73. The molecule has 0 heterocycles. The quantitative estimate of drug-likeness (QED) is 0.295. The lowest BCUT2D eigenvalue weighted by Crippen LogP contribution is -2.66. The van der Waals surface area contributed by atoms with Crippen LogP contribution in [0.5, 0.6) is 0 Å². The van der Waals surface area contributed by atoms with E-state index in [4.69, 9.17) is 9.16 Å². The van der Waals surface area contributed by atoms with Gasteiger partial charge in [0.25, 0.3) is 8.32 Å². The van der Waals surface area contributed by atoms with Crippen molar-refractivity contribution in [2.24, 2.45) is 5.92 Å². The number of ether oxygens (including phenoxy) is 1. The van der Waals surface area contributed by atoms with Crippen LogP contribution in [0.2, 0.25) is 5.04 Å². The molecule has 0 aliphatic rings. The molecule has 3 aromatic carbocycles. The van der Waals surface area contributed by atoms with Crippen molar-refractivity contribution in [2.75, 3.05) is 6.61 Å². The van der Waals surface area contributed by atoms with Crippen LogP contribution >= 0.6 is 0 Å². The summed E-state index contributed by atoms with van der Waals surface area (Å²) < 4.78 is 12.7. The first-order valence-electron chi connectivity index (χ1n) is 13.7. The molecule has 4 nitrogen and oxygen atoms in total. The molecule has 0 saturated heterocycles. The van der Waals surface area contributed by atoms with E-state index in [0.29, 0.717) is 6.61 Å². The van der Waals surface area contributed by atoms with Gasteiger partial charge in [0, 0.05) is 12.6 Å². The fourth-order valence-corrected chi connectivity index (χ4v) is 9.84. The molecule has 0 unspecified atom stereocenters. The fourth-order valence-electron chi connectivity index (χ4n) is 5.15. The predicted molar refractivity (Wildman–Crippen MR) is 161 cm³/mol. The third-order valence-corrected chi connectivity index (χ3v) is 11.7. The number of hydrogen-bond donors (Lipinski definition) is 1. The number of alkyl carbamates (subject to hydrolysis) is 1. The molecule has 0 bridgehead atoms. The Balaban J connectivity index is 1.84. The van der Waals surface area contributed by atoms with Crippen molar-refractivity contribution in [3.8, 4) is 0 Å². The molecule has 0 saturated carbocycles. The van der Waals surface area contributed by atoms with Gasteiger partial charge in [-0.05, 0) is 60.5 Å². The van der Waals surface area contributed by atoms with Gasteiger partial charge in [-0.15, -0.1) is 0 Å².